The van der Waals surface area contributed by atoms with Gasteiger partial charge in [0.25, 0.3) is 0 Å². The van der Waals surface area contributed by atoms with E-state index < -0.39 is 0 Å². The molecule has 18 aromatic rings. The Morgan fingerprint density at radius 1 is 0.109 bits per heavy atom. The standard InChI is InChI=1S/2C46H30/c1-2-11-31(12-3-1)38-27-28-43-44(30-38)45(35-24-21-33(22-25-35)37-26-23-32-13-4-5-15-36(32)29-37)41-18-8-9-19-42(41)46(43)40-20-10-16-34-14-6-7-17-39(34)40;1-2-11-31(12-3-1)38-27-28-43-44(30-38)46(40-20-10-16-34-14-6-7-17-39(34)40)42-19-9-8-18-41(42)45(43)35-24-21-33(22-25-35)37-26-23-32-13-4-5-15-36(32)29-37/h2*1-30H. The van der Waals surface area contributed by atoms with E-state index in [1.807, 2.05) is 0 Å². The van der Waals surface area contributed by atoms with Crippen molar-refractivity contribution in [2.24, 2.45) is 0 Å². The van der Waals surface area contributed by atoms with Gasteiger partial charge in [-0.05, 0) is 199 Å². The van der Waals surface area contributed by atoms with Gasteiger partial charge in [-0.25, -0.2) is 0 Å². The Morgan fingerprint density at radius 3 is 0.815 bits per heavy atom. The summed E-state index contributed by atoms with van der Waals surface area (Å²) >= 11 is 0. The second kappa shape index (κ2) is 23.2. The van der Waals surface area contributed by atoms with Crippen molar-refractivity contribution in [1.82, 2.24) is 0 Å². The molecule has 0 spiro atoms. The smallest absolute Gasteiger partial charge is 0.00199 e. The first-order valence-electron chi connectivity index (χ1n) is 31.9. The molecule has 0 atom stereocenters. The van der Waals surface area contributed by atoms with E-state index in [1.54, 1.807) is 0 Å². The van der Waals surface area contributed by atoms with Crippen LogP contribution in [0.5, 0.6) is 0 Å². The Hall–Kier alpha value is -12.0. The molecular formula is C92H60. The lowest BCUT2D eigenvalue weighted by molar-refractivity contribution is 1.62. The predicted octanol–water partition coefficient (Wildman–Crippen LogP) is 25.9. The first kappa shape index (κ1) is 54.2. The fourth-order valence-corrected chi connectivity index (χ4v) is 14.5. The van der Waals surface area contributed by atoms with Crippen LogP contribution in [0, 0.1) is 0 Å². The van der Waals surface area contributed by atoms with Crippen LogP contribution in [0.4, 0.5) is 0 Å². The molecule has 0 amide bonds. The first-order valence-corrected chi connectivity index (χ1v) is 31.9. The highest BCUT2D eigenvalue weighted by Gasteiger charge is 2.22. The van der Waals surface area contributed by atoms with E-state index in [1.165, 1.54) is 175 Å². The zero-order valence-corrected chi connectivity index (χ0v) is 50.6. The average Bonchev–Trinajstić information content (AvgIpc) is 0.788. The highest BCUT2D eigenvalue weighted by atomic mass is 14.2. The van der Waals surface area contributed by atoms with Crippen molar-refractivity contribution in [2.75, 3.05) is 0 Å². The molecule has 0 unspecified atom stereocenters. The summed E-state index contributed by atoms with van der Waals surface area (Å²) in [7, 11) is 0. The number of fused-ring (bicyclic) bond motifs is 8. The number of rotatable bonds is 8. The summed E-state index contributed by atoms with van der Waals surface area (Å²) in [6.07, 6.45) is 0. The quantitative estimate of drug-likeness (QED) is 0.133. The van der Waals surface area contributed by atoms with E-state index in [0.29, 0.717) is 0 Å². The van der Waals surface area contributed by atoms with Gasteiger partial charge >= 0.3 is 0 Å². The van der Waals surface area contributed by atoms with Gasteiger partial charge in [0.2, 0.25) is 0 Å². The van der Waals surface area contributed by atoms with Crippen molar-refractivity contribution in [3.63, 3.8) is 0 Å². The number of hydrogen-bond acceptors (Lipinski definition) is 0. The van der Waals surface area contributed by atoms with E-state index in [-0.39, 0.29) is 0 Å². The molecule has 428 valence electrons. The monoisotopic (exact) mass is 1160 g/mol. The fraction of sp³-hybridized carbons (Fsp3) is 0. The minimum Gasteiger partial charge on any atom is -0.0622 e. The molecule has 0 bridgehead atoms. The van der Waals surface area contributed by atoms with Gasteiger partial charge in [0.1, 0.15) is 0 Å². The van der Waals surface area contributed by atoms with Crippen LogP contribution in [-0.2, 0) is 0 Å². The lowest BCUT2D eigenvalue weighted by Crippen LogP contribution is -1.92. The highest BCUT2D eigenvalue weighted by molar-refractivity contribution is 6.26. The summed E-state index contributed by atoms with van der Waals surface area (Å²) in [5.74, 6) is 0. The summed E-state index contributed by atoms with van der Waals surface area (Å²) in [4.78, 5) is 0. The summed E-state index contributed by atoms with van der Waals surface area (Å²) in [6, 6.07) is 133. The van der Waals surface area contributed by atoms with E-state index in [2.05, 4.69) is 364 Å². The molecule has 0 aromatic heterocycles. The second-order valence-corrected chi connectivity index (χ2v) is 24.2. The van der Waals surface area contributed by atoms with E-state index in [9.17, 15) is 0 Å². The summed E-state index contributed by atoms with van der Waals surface area (Å²) in [6.45, 7) is 0. The lowest BCUT2D eigenvalue weighted by Gasteiger charge is -2.20. The van der Waals surface area contributed by atoms with Crippen LogP contribution in [0.25, 0.3) is 175 Å². The topological polar surface area (TPSA) is 0 Å². The predicted molar refractivity (Wildman–Crippen MR) is 396 cm³/mol. The highest BCUT2D eigenvalue weighted by Crippen LogP contribution is 2.49. The normalized spacial score (nSPS) is 11.5. The van der Waals surface area contributed by atoms with Crippen molar-refractivity contribution in [2.45, 2.75) is 0 Å². The maximum Gasteiger partial charge on any atom is -0.00199 e. The zero-order chi connectivity index (χ0) is 60.9. The third-order valence-corrected chi connectivity index (χ3v) is 18.9. The molecular weight excluding hydrogens is 1110 g/mol. The van der Waals surface area contributed by atoms with Crippen LogP contribution >= 0.6 is 0 Å². The molecule has 18 aromatic carbocycles. The maximum atomic E-state index is 2.40. The largest absolute Gasteiger partial charge is 0.0622 e. The van der Waals surface area contributed by atoms with Crippen LogP contribution < -0.4 is 0 Å². The molecule has 0 aliphatic rings. The Labute approximate surface area is 535 Å². The lowest BCUT2D eigenvalue weighted by atomic mass is 9.83. The van der Waals surface area contributed by atoms with Crippen LogP contribution in [0.3, 0.4) is 0 Å². The Bertz CT molecular complexity index is 5830. The van der Waals surface area contributed by atoms with Crippen LogP contribution in [-0.4, -0.2) is 0 Å². The van der Waals surface area contributed by atoms with Crippen molar-refractivity contribution in [3.05, 3.63) is 364 Å². The molecule has 0 aliphatic heterocycles. The van der Waals surface area contributed by atoms with Gasteiger partial charge < -0.3 is 0 Å². The maximum absolute atomic E-state index is 2.40. The minimum absolute atomic E-state index is 1.22. The molecule has 0 radical (unpaired) electrons. The van der Waals surface area contributed by atoms with E-state index in [4.69, 9.17) is 0 Å². The van der Waals surface area contributed by atoms with Crippen LogP contribution in [0.2, 0.25) is 0 Å². The third kappa shape index (κ3) is 9.74. The van der Waals surface area contributed by atoms with Gasteiger partial charge in [-0.3, -0.25) is 0 Å². The average molecular weight is 1170 g/mol. The summed E-state index contributed by atoms with van der Waals surface area (Å²) in [5, 5.41) is 20.3. The molecule has 0 heteroatoms. The van der Waals surface area contributed by atoms with Crippen molar-refractivity contribution in [1.29, 1.82) is 0 Å². The molecule has 92 heavy (non-hydrogen) atoms. The zero-order valence-electron chi connectivity index (χ0n) is 50.6. The van der Waals surface area contributed by atoms with Gasteiger partial charge in [-0.1, -0.05) is 340 Å². The molecule has 18 rings (SSSR count). The minimum atomic E-state index is 1.22. The van der Waals surface area contributed by atoms with Crippen molar-refractivity contribution < 1.29 is 0 Å². The van der Waals surface area contributed by atoms with Gasteiger partial charge in [0, 0.05) is 0 Å². The van der Waals surface area contributed by atoms with E-state index in [0.717, 1.165) is 0 Å². The molecule has 0 heterocycles. The molecule has 0 nitrogen and oxygen atoms in total. The SMILES string of the molecule is c1ccc(-c2ccc3c(-c4ccc(-c5ccc6ccccc6c5)cc4)c4ccccc4c(-c4cccc5ccccc45)c3c2)cc1.c1ccc(-c2ccc3c(-c4cccc5ccccc45)c4ccccc4c(-c4ccc(-c5ccc6ccccc6c5)cc4)c3c2)cc1. The molecule has 0 aliphatic carbocycles. The van der Waals surface area contributed by atoms with Crippen LogP contribution in [0.1, 0.15) is 0 Å². The van der Waals surface area contributed by atoms with Gasteiger partial charge in [-0.15, -0.1) is 0 Å². The molecule has 0 N–H and O–H groups in total. The molecule has 0 saturated carbocycles. The fourth-order valence-electron chi connectivity index (χ4n) is 14.5. The van der Waals surface area contributed by atoms with Gasteiger partial charge in [0.05, 0.1) is 0 Å². The Morgan fingerprint density at radius 2 is 0.370 bits per heavy atom. The summed E-state index contributed by atoms with van der Waals surface area (Å²) in [5.41, 5.74) is 19.9. The second-order valence-electron chi connectivity index (χ2n) is 24.2. The van der Waals surface area contributed by atoms with Gasteiger partial charge in [-0.2, -0.15) is 0 Å². The summed E-state index contributed by atoms with van der Waals surface area (Å²) < 4.78 is 0. The number of benzene rings is 18. The Balaban J connectivity index is 0.000000141. The molecule has 0 fully saturated rings. The van der Waals surface area contributed by atoms with E-state index >= 15 is 0 Å². The van der Waals surface area contributed by atoms with Gasteiger partial charge in [0.15, 0.2) is 0 Å². The number of hydrogen-bond donors (Lipinski definition) is 0. The van der Waals surface area contributed by atoms with Crippen molar-refractivity contribution in [3.8, 4) is 89.0 Å². The third-order valence-electron chi connectivity index (χ3n) is 18.9. The molecule has 0 saturated heterocycles. The Kier molecular flexibility index (Phi) is 13.7. The van der Waals surface area contributed by atoms with Crippen LogP contribution in [0.15, 0.2) is 364 Å². The van der Waals surface area contributed by atoms with Crippen molar-refractivity contribution >= 4 is 86.2 Å². The first-order chi connectivity index (χ1) is 45.6.